The molecule has 32 heavy (non-hydrogen) atoms. The number of hydrogen-bond acceptors (Lipinski definition) is 8. The van der Waals surface area contributed by atoms with Crippen molar-refractivity contribution >= 4 is 32.8 Å². The number of benzene rings is 2. The van der Waals surface area contributed by atoms with Gasteiger partial charge in [0.15, 0.2) is 9.84 Å². The van der Waals surface area contributed by atoms with Gasteiger partial charge in [-0.2, -0.15) is 0 Å². The third-order valence-electron chi connectivity index (χ3n) is 5.11. The minimum Gasteiger partial charge on any atom is -0.495 e. The van der Waals surface area contributed by atoms with E-state index in [-0.39, 0.29) is 27.5 Å². The molecule has 2 aromatic carbocycles. The predicted molar refractivity (Wildman–Crippen MR) is 117 cm³/mol. The molecule has 12 heteroatoms. The molecule has 2 rings (SSSR count). The van der Waals surface area contributed by atoms with Crippen molar-refractivity contribution in [2.75, 3.05) is 12.4 Å². The monoisotopic (exact) mass is 465 g/mol. The van der Waals surface area contributed by atoms with Crippen molar-refractivity contribution in [1.29, 1.82) is 0 Å². The number of amides is 1. The number of methoxy groups -OCH3 is 1. The Bertz CT molecular complexity index is 1170. The number of non-ortho nitro benzene ring substituents is 1. The average Bonchev–Trinajstić information content (AvgIpc) is 2.73. The van der Waals surface area contributed by atoms with Crippen LogP contribution < -0.4 is 10.1 Å². The van der Waals surface area contributed by atoms with Crippen LogP contribution in [0.15, 0.2) is 35.2 Å². The first-order valence-electron chi connectivity index (χ1n) is 9.64. The molecule has 11 nitrogen and oxygen atoms in total. The quantitative estimate of drug-likeness (QED) is 0.429. The summed E-state index contributed by atoms with van der Waals surface area (Å²) in [5, 5.41) is 24.3. The summed E-state index contributed by atoms with van der Waals surface area (Å²) in [6.07, 6.45) is 0.812. The van der Waals surface area contributed by atoms with Crippen molar-refractivity contribution < 1.29 is 27.8 Å². The maximum absolute atomic E-state index is 12.9. The van der Waals surface area contributed by atoms with Gasteiger partial charge in [0.2, 0.25) is 0 Å². The van der Waals surface area contributed by atoms with Gasteiger partial charge in [-0.1, -0.05) is 13.8 Å². The largest absolute Gasteiger partial charge is 0.495 e. The Morgan fingerprint density at radius 2 is 1.72 bits per heavy atom. The zero-order chi connectivity index (χ0) is 24.2. The van der Waals surface area contributed by atoms with Gasteiger partial charge in [0.25, 0.3) is 17.3 Å². The molecule has 0 saturated heterocycles. The lowest BCUT2D eigenvalue weighted by Gasteiger charge is -2.17. The van der Waals surface area contributed by atoms with Gasteiger partial charge in [-0.25, -0.2) is 8.42 Å². The van der Waals surface area contributed by atoms with E-state index in [1.165, 1.54) is 32.2 Å². The molecule has 0 aliphatic carbocycles. The van der Waals surface area contributed by atoms with Gasteiger partial charge in [-0.15, -0.1) is 0 Å². The summed E-state index contributed by atoms with van der Waals surface area (Å²) in [6.45, 7) is 4.81. The van der Waals surface area contributed by atoms with E-state index in [1.54, 1.807) is 13.8 Å². The third-order valence-corrected chi connectivity index (χ3v) is 7.57. The Morgan fingerprint density at radius 3 is 2.22 bits per heavy atom. The van der Waals surface area contributed by atoms with E-state index in [1.807, 2.05) is 0 Å². The Balaban J connectivity index is 2.57. The van der Waals surface area contributed by atoms with Crippen LogP contribution >= 0.6 is 0 Å². The first-order chi connectivity index (χ1) is 15.0. The van der Waals surface area contributed by atoms with E-state index in [2.05, 4.69) is 5.32 Å². The molecule has 172 valence electrons. The van der Waals surface area contributed by atoms with Crippen LogP contribution in [0.25, 0.3) is 0 Å². The SMILES string of the molecule is CCC(CC)S(=O)(=O)c1ccc(OC)c(NC(=O)c2cc([N+](=O)[O-])cc([N+](=O)[O-])c2C)c1. The molecule has 0 aliphatic heterocycles. The summed E-state index contributed by atoms with van der Waals surface area (Å²) in [6, 6.07) is 5.69. The number of hydrogen-bond donors (Lipinski definition) is 1. The van der Waals surface area contributed by atoms with Crippen molar-refractivity contribution in [3.8, 4) is 5.75 Å². The summed E-state index contributed by atoms with van der Waals surface area (Å²) in [5.41, 5.74) is -1.55. The number of carbonyl (C=O) groups is 1. The van der Waals surface area contributed by atoms with Crippen LogP contribution in [-0.4, -0.2) is 36.5 Å². The van der Waals surface area contributed by atoms with Crippen LogP contribution in [-0.2, 0) is 9.84 Å². The molecular formula is C20H23N3O8S. The zero-order valence-corrected chi connectivity index (χ0v) is 18.8. The molecule has 0 unspecified atom stereocenters. The highest BCUT2D eigenvalue weighted by Gasteiger charge is 2.27. The summed E-state index contributed by atoms with van der Waals surface area (Å²) in [5.74, 6) is -0.732. The molecule has 0 atom stereocenters. The highest BCUT2D eigenvalue weighted by Crippen LogP contribution is 2.32. The second kappa shape index (κ2) is 9.73. The van der Waals surface area contributed by atoms with Crippen molar-refractivity contribution in [2.24, 2.45) is 0 Å². The van der Waals surface area contributed by atoms with Crippen LogP contribution in [0.3, 0.4) is 0 Å². The molecule has 0 radical (unpaired) electrons. The molecule has 0 fully saturated rings. The van der Waals surface area contributed by atoms with Crippen LogP contribution in [0.2, 0.25) is 0 Å². The Kier molecular flexibility index (Phi) is 7.52. The van der Waals surface area contributed by atoms with Crippen molar-refractivity contribution in [3.63, 3.8) is 0 Å². The fourth-order valence-electron chi connectivity index (χ4n) is 3.29. The van der Waals surface area contributed by atoms with Gasteiger partial charge < -0.3 is 10.1 Å². The third kappa shape index (κ3) is 4.85. The molecule has 1 amide bonds. The molecular weight excluding hydrogens is 442 g/mol. The van der Waals surface area contributed by atoms with E-state index in [4.69, 9.17) is 4.74 Å². The minimum absolute atomic E-state index is 0.0121. The fraction of sp³-hybridized carbons (Fsp3) is 0.350. The molecule has 0 heterocycles. The molecule has 0 bridgehead atoms. The number of nitrogens with one attached hydrogen (secondary N) is 1. The molecule has 1 N–H and O–H groups in total. The van der Waals surface area contributed by atoms with Gasteiger partial charge in [0, 0.05) is 11.6 Å². The minimum atomic E-state index is -3.68. The number of carbonyl (C=O) groups excluding carboxylic acids is 1. The number of anilines is 1. The van der Waals surface area contributed by atoms with Gasteiger partial charge >= 0.3 is 0 Å². The normalized spacial score (nSPS) is 11.3. The molecule has 0 spiro atoms. The molecule has 2 aromatic rings. The highest BCUT2D eigenvalue weighted by atomic mass is 32.2. The van der Waals surface area contributed by atoms with Gasteiger partial charge in [-0.05, 0) is 38.0 Å². The van der Waals surface area contributed by atoms with E-state index < -0.39 is 42.2 Å². The van der Waals surface area contributed by atoms with Gasteiger partial charge in [0.05, 0.1) is 44.4 Å². The van der Waals surface area contributed by atoms with Gasteiger partial charge in [0.1, 0.15) is 5.75 Å². The Hall–Kier alpha value is -3.54. The summed E-state index contributed by atoms with van der Waals surface area (Å²) in [4.78, 5) is 33.6. The lowest BCUT2D eigenvalue weighted by atomic mass is 10.0. The van der Waals surface area contributed by atoms with Crippen molar-refractivity contribution in [1.82, 2.24) is 0 Å². The lowest BCUT2D eigenvalue weighted by Crippen LogP contribution is -2.20. The number of sulfone groups is 1. The predicted octanol–water partition coefficient (Wildman–Crippen LogP) is 4.03. The standard InChI is InChI=1S/C20H23N3O8S/c1-5-14(6-2)32(29,30)15-7-8-19(31-4)17(11-15)21-20(24)16-9-13(22(25)26)10-18(12(16)3)23(27)28/h7-11,14H,5-6H2,1-4H3,(H,21,24). The topological polar surface area (TPSA) is 159 Å². The van der Waals surface area contributed by atoms with E-state index in [9.17, 15) is 33.4 Å². The molecule has 0 saturated carbocycles. The lowest BCUT2D eigenvalue weighted by molar-refractivity contribution is -0.394. The number of nitro benzene ring substituents is 2. The summed E-state index contributed by atoms with van der Waals surface area (Å²) < 4.78 is 31.0. The molecule has 0 aromatic heterocycles. The van der Waals surface area contributed by atoms with Crippen LogP contribution in [0.1, 0.15) is 42.6 Å². The van der Waals surface area contributed by atoms with Crippen LogP contribution in [0.5, 0.6) is 5.75 Å². The van der Waals surface area contributed by atoms with E-state index in [0.717, 1.165) is 12.1 Å². The Morgan fingerprint density at radius 1 is 1.09 bits per heavy atom. The second-order valence-corrected chi connectivity index (χ2v) is 9.18. The van der Waals surface area contributed by atoms with Crippen LogP contribution in [0, 0.1) is 27.2 Å². The first-order valence-corrected chi connectivity index (χ1v) is 11.2. The zero-order valence-electron chi connectivity index (χ0n) is 17.9. The number of rotatable bonds is 9. The number of nitrogens with zero attached hydrogens (tertiary/aromatic N) is 2. The maximum atomic E-state index is 12.9. The maximum Gasteiger partial charge on any atom is 0.279 e. The highest BCUT2D eigenvalue weighted by molar-refractivity contribution is 7.92. The van der Waals surface area contributed by atoms with E-state index >= 15 is 0 Å². The van der Waals surface area contributed by atoms with Crippen molar-refractivity contribution in [3.05, 3.63) is 61.7 Å². The van der Waals surface area contributed by atoms with Crippen molar-refractivity contribution in [2.45, 2.75) is 43.8 Å². The second-order valence-electron chi connectivity index (χ2n) is 6.95. The summed E-state index contributed by atoms with van der Waals surface area (Å²) in [7, 11) is -2.36. The summed E-state index contributed by atoms with van der Waals surface area (Å²) >= 11 is 0. The number of ether oxygens (including phenoxy) is 1. The fourth-order valence-corrected chi connectivity index (χ4v) is 5.09. The number of nitro groups is 2. The first kappa shape index (κ1) is 24.7. The smallest absolute Gasteiger partial charge is 0.279 e. The average molecular weight is 465 g/mol. The van der Waals surface area contributed by atoms with Gasteiger partial charge in [-0.3, -0.25) is 25.0 Å². The Labute approximate surface area is 184 Å². The molecule has 0 aliphatic rings. The van der Waals surface area contributed by atoms with Crippen LogP contribution in [0.4, 0.5) is 17.1 Å². The van der Waals surface area contributed by atoms with E-state index in [0.29, 0.717) is 12.8 Å².